The summed E-state index contributed by atoms with van der Waals surface area (Å²) in [5, 5.41) is 15.8. The second kappa shape index (κ2) is 12.0. The molecule has 0 unspecified atom stereocenters. The highest BCUT2D eigenvalue weighted by molar-refractivity contribution is 8.00. The predicted molar refractivity (Wildman–Crippen MR) is 135 cm³/mol. The summed E-state index contributed by atoms with van der Waals surface area (Å²) in [6.07, 6.45) is 5.11. The lowest BCUT2D eigenvalue weighted by Crippen LogP contribution is -2.31. The van der Waals surface area contributed by atoms with Crippen LogP contribution in [0.15, 0.2) is 24.5 Å². The molecule has 0 aromatic carbocycles. The molecule has 0 aliphatic heterocycles. The Labute approximate surface area is 209 Å². The van der Waals surface area contributed by atoms with Crippen molar-refractivity contribution in [2.45, 2.75) is 33.1 Å². The third-order valence-corrected chi connectivity index (χ3v) is 6.43. The van der Waals surface area contributed by atoms with Crippen LogP contribution in [0.2, 0.25) is 0 Å². The van der Waals surface area contributed by atoms with Gasteiger partial charge in [-0.2, -0.15) is 9.97 Å². The second-order valence-electron chi connectivity index (χ2n) is 8.67. The Morgan fingerprint density at radius 2 is 1.74 bits per heavy atom. The summed E-state index contributed by atoms with van der Waals surface area (Å²) in [5.74, 6) is 3.85. The average molecular weight is 504 g/mol. The number of aliphatic hydroxyl groups is 1. The average Bonchev–Trinajstić information content (AvgIpc) is 3.29. The minimum Gasteiger partial charge on any atom is -0.481 e. The topological polar surface area (TPSA) is 129 Å². The molecule has 11 nitrogen and oxygen atoms in total. The highest BCUT2D eigenvalue weighted by Gasteiger charge is 2.35. The van der Waals surface area contributed by atoms with Crippen molar-refractivity contribution in [3.05, 3.63) is 24.5 Å². The molecule has 3 aromatic heterocycles. The number of hydrogen-bond donors (Lipinski definition) is 2. The summed E-state index contributed by atoms with van der Waals surface area (Å²) >= 11 is 1.60. The summed E-state index contributed by atoms with van der Waals surface area (Å²) in [6, 6.07) is 5.45. The van der Waals surface area contributed by atoms with Gasteiger partial charge in [0.1, 0.15) is 12.0 Å². The van der Waals surface area contributed by atoms with Crippen molar-refractivity contribution < 1.29 is 19.3 Å². The van der Waals surface area contributed by atoms with Crippen LogP contribution < -0.4 is 18.9 Å². The van der Waals surface area contributed by atoms with Crippen LogP contribution in [0.25, 0.3) is 17.2 Å². The number of aliphatic hydroxyl groups excluding tert-OH is 1. The molecule has 1 aliphatic carbocycles. The zero-order valence-corrected chi connectivity index (χ0v) is 21.8. The van der Waals surface area contributed by atoms with E-state index in [1.54, 1.807) is 43.9 Å². The number of aromatic nitrogens is 6. The zero-order valence-electron chi connectivity index (χ0n) is 21.0. The standard InChI is InChI=1S/C22H29N7O3S.CH4O/c1-22(2)11-14(12-22)9-10-33-28-21-27-26-18(15-7-6-8-16(25-15)30-3)29(21)17-19(31-4)23-13-24-20(17)32-5;1-2/h6-8,13-14H,9-12H2,1-5H3,(H,27,28);2H,1H3. The van der Waals surface area contributed by atoms with Gasteiger partial charge in [-0.25, -0.2) is 9.55 Å². The van der Waals surface area contributed by atoms with Crippen LogP contribution in [0.4, 0.5) is 5.95 Å². The molecule has 0 atom stereocenters. The molecule has 0 bridgehead atoms. The molecule has 0 spiro atoms. The SMILES string of the molecule is CO.COc1cccc(-c2nnc(NSCCC3CC(C)(C)C3)n2-c2c(OC)ncnc2OC)n1. The van der Waals surface area contributed by atoms with Gasteiger partial charge >= 0.3 is 0 Å². The maximum Gasteiger partial charge on any atom is 0.245 e. The van der Waals surface area contributed by atoms with Crippen LogP contribution >= 0.6 is 11.9 Å². The van der Waals surface area contributed by atoms with Gasteiger partial charge in [0.05, 0.1) is 21.3 Å². The summed E-state index contributed by atoms with van der Waals surface area (Å²) < 4.78 is 21.4. The number of rotatable bonds is 10. The Bertz CT molecular complexity index is 1080. The van der Waals surface area contributed by atoms with E-state index in [2.05, 4.69) is 43.7 Å². The number of hydrogen-bond acceptors (Lipinski definition) is 11. The van der Waals surface area contributed by atoms with Crippen molar-refractivity contribution in [2.24, 2.45) is 11.3 Å². The van der Waals surface area contributed by atoms with E-state index in [9.17, 15) is 0 Å². The van der Waals surface area contributed by atoms with Gasteiger partial charge in [-0.3, -0.25) is 4.72 Å². The van der Waals surface area contributed by atoms with E-state index in [1.165, 1.54) is 19.2 Å². The van der Waals surface area contributed by atoms with Gasteiger partial charge in [0.2, 0.25) is 23.6 Å². The normalized spacial score (nSPS) is 14.4. The molecule has 3 heterocycles. The first kappa shape index (κ1) is 26.5. The third-order valence-electron chi connectivity index (χ3n) is 5.66. The quantitative estimate of drug-likeness (QED) is 0.311. The Kier molecular flexibility index (Phi) is 9.10. The van der Waals surface area contributed by atoms with Crippen LogP contribution in [0.3, 0.4) is 0 Å². The van der Waals surface area contributed by atoms with E-state index in [0.717, 1.165) is 25.2 Å². The molecule has 35 heavy (non-hydrogen) atoms. The van der Waals surface area contributed by atoms with Crippen LogP contribution in [0.1, 0.15) is 33.1 Å². The lowest BCUT2D eigenvalue weighted by atomic mass is 9.64. The summed E-state index contributed by atoms with van der Waals surface area (Å²) in [4.78, 5) is 13.0. The van der Waals surface area contributed by atoms with Crippen LogP contribution in [-0.4, -0.2) is 69.0 Å². The fourth-order valence-corrected chi connectivity index (χ4v) is 5.08. The van der Waals surface area contributed by atoms with Gasteiger partial charge in [0.25, 0.3) is 0 Å². The first-order valence-electron chi connectivity index (χ1n) is 11.2. The highest BCUT2D eigenvalue weighted by atomic mass is 32.2. The van der Waals surface area contributed by atoms with Crippen LogP contribution in [0.5, 0.6) is 17.6 Å². The van der Waals surface area contributed by atoms with Gasteiger partial charge < -0.3 is 19.3 Å². The zero-order chi connectivity index (χ0) is 25.4. The minimum atomic E-state index is 0.329. The highest BCUT2D eigenvalue weighted by Crippen LogP contribution is 2.46. The van der Waals surface area contributed by atoms with Gasteiger partial charge in [0, 0.05) is 18.9 Å². The smallest absolute Gasteiger partial charge is 0.245 e. The van der Waals surface area contributed by atoms with Crippen molar-refractivity contribution in [1.82, 2.24) is 29.7 Å². The Hall–Kier alpha value is -3.12. The van der Waals surface area contributed by atoms with Crippen LogP contribution in [0, 0.1) is 11.3 Å². The second-order valence-corrected chi connectivity index (χ2v) is 9.57. The van der Waals surface area contributed by atoms with Crippen molar-refractivity contribution in [3.8, 4) is 34.8 Å². The Balaban J connectivity index is 0.00000167. The van der Waals surface area contributed by atoms with Crippen molar-refractivity contribution in [3.63, 3.8) is 0 Å². The number of nitrogens with zero attached hydrogens (tertiary/aromatic N) is 6. The Morgan fingerprint density at radius 1 is 1.06 bits per heavy atom. The molecule has 12 heteroatoms. The molecule has 190 valence electrons. The fraction of sp³-hybridized carbons (Fsp3) is 0.522. The molecule has 0 radical (unpaired) electrons. The molecule has 1 aliphatic rings. The molecule has 3 aromatic rings. The van der Waals surface area contributed by atoms with Gasteiger partial charge in [0.15, 0.2) is 11.5 Å². The van der Waals surface area contributed by atoms with E-state index < -0.39 is 0 Å². The number of pyridine rings is 1. The largest absolute Gasteiger partial charge is 0.481 e. The summed E-state index contributed by atoms with van der Waals surface area (Å²) in [7, 11) is 5.66. The van der Waals surface area contributed by atoms with E-state index in [-0.39, 0.29) is 0 Å². The summed E-state index contributed by atoms with van der Waals surface area (Å²) in [6.45, 7) is 4.66. The van der Waals surface area contributed by atoms with Gasteiger partial charge in [-0.15, -0.1) is 10.2 Å². The molecule has 0 amide bonds. The molecular weight excluding hydrogens is 470 g/mol. The minimum absolute atomic E-state index is 0.329. The fourth-order valence-electron chi connectivity index (χ4n) is 4.27. The van der Waals surface area contributed by atoms with Gasteiger partial charge in [-0.05, 0) is 36.7 Å². The van der Waals surface area contributed by atoms with Crippen molar-refractivity contribution >= 4 is 17.9 Å². The van der Waals surface area contributed by atoms with Crippen molar-refractivity contribution in [1.29, 1.82) is 0 Å². The molecule has 0 saturated heterocycles. The van der Waals surface area contributed by atoms with E-state index in [4.69, 9.17) is 19.3 Å². The molecule has 1 fully saturated rings. The lowest BCUT2D eigenvalue weighted by molar-refractivity contribution is 0.0948. The van der Waals surface area contributed by atoms with Crippen molar-refractivity contribution in [2.75, 3.05) is 38.9 Å². The van der Waals surface area contributed by atoms with E-state index >= 15 is 0 Å². The number of anilines is 1. The first-order valence-corrected chi connectivity index (χ1v) is 12.2. The maximum atomic E-state index is 7.00. The Morgan fingerprint density at radius 3 is 2.34 bits per heavy atom. The number of ether oxygens (including phenoxy) is 3. The van der Waals surface area contributed by atoms with Gasteiger partial charge in [-0.1, -0.05) is 31.9 Å². The lowest BCUT2D eigenvalue weighted by Gasteiger charge is -2.42. The number of methoxy groups -OCH3 is 3. The van der Waals surface area contributed by atoms with E-state index in [0.29, 0.717) is 46.2 Å². The monoisotopic (exact) mass is 503 g/mol. The third kappa shape index (κ3) is 6.12. The summed E-state index contributed by atoms with van der Waals surface area (Å²) in [5.41, 5.74) is 1.54. The molecule has 2 N–H and O–H groups in total. The molecular formula is C23H33N7O4S. The van der Waals surface area contributed by atoms with Crippen LogP contribution in [-0.2, 0) is 0 Å². The predicted octanol–water partition coefficient (Wildman–Crippen LogP) is 3.64. The molecule has 4 rings (SSSR count). The van der Waals surface area contributed by atoms with E-state index in [1.807, 2.05) is 12.1 Å². The maximum absolute atomic E-state index is 7.00. The molecule has 1 saturated carbocycles. The first-order chi connectivity index (χ1) is 17.0. The number of nitrogens with one attached hydrogen (secondary N) is 1.